The van der Waals surface area contributed by atoms with E-state index >= 15 is 0 Å². The van der Waals surface area contributed by atoms with Crippen molar-refractivity contribution in [1.29, 1.82) is 0 Å². The van der Waals surface area contributed by atoms with Gasteiger partial charge < -0.3 is 0 Å². The number of aromatic nitrogens is 3. The van der Waals surface area contributed by atoms with Crippen LogP contribution in [0.5, 0.6) is 0 Å². The lowest BCUT2D eigenvalue weighted by Crippen LogP contribution is -2.25. The van der Waals surface area contributed by atoms with Crippen molar-refractivity contribution in [2.75, 3.05) is 0 Å². The number of hydrogen-bond donors (Lipinski definition) is 0. The van der Waals surface area contributed by atoms with Crippen LogP contribution < -0.4 is 5.69 Å². The predicted molar refractivity (Wildman–Crippen MR) is 58.2 cm³/mol. The van der Waals surface area contributed by atoms with E-state index < -0.39 is 5.82 Å². The van der Waals surface area contributed by atoms with Crippen molar-refractivity contribution in [2.24, 2.45) is 0 Å². The largest absolute Gasteiger partial charge is 0.350 e. The first-order valence-electron chi connectivity index (χ1n) is 5.02. The Kier molecular flexibility index (Phi) is 2.60. The summed E-state index contributed by atoms with van der Waals surface area (Å²) >= 11 is 0. The first-order chi connectivity index (χ1) is 7.61. The van der Waals surface area contributed by atoms with Crippen LogP contribution in [0, 0.1) is 5.82 Å². The molecule has 0 spiro atoms. The molecule has 5 heteroatoms. The zero-order chi connectivity index (χ0) is 11.7. The molecule has 0 aliphatic heterocycles. The summed E-state index contributed by atoms with van der Waals surface area (Å²) < 4.78 is 16.0. The smallest absolute Gasteiger partial charge is 0.247 e. The summed E-state index contributed by atoms with van der Waals surface area (Å²) in [6.07, 6.45) is 1.33. The third-order valence-electron chi connectivity index (χ3n) is 2.29. The van der Waals surface area contributed by atoms with Crippen molar-refractivity contribution in [3.8, 4) is 5.69 Å². The molecular formula is C11H12FN3O. The highest BCUT2D eigenvalue weighted by atomic mass is 19.1. The summed E-state index contributed by atoms with van der Waals surface area (Å²) in [5.41, 5.74) is -0.112. The molecule has 2 aromatic rings. The molecule has 0 amide bonds. The molecule has 1 heterocycles. The standard InChI is InChI=1S/C11H12FN3O/c1-8(2)15-11(16)14(7-13-15)10-6-4-3-5-9(10)12/h3-8H,1-2H3. The Bertz CT molecular complexity index is 556. The van der Waals surface area contributed by atoms with Crippen LogP contribution >= 0.6 is 0 Å². The molecule has 2 rings (SSSR count). The van der Waals surface area contributed by atoms with Crippen LogP contribution in [0.3, 0.4) is 0 Å². The maximum atomic E-state index is 13.5. The van der Waals surface area contributed by atoms with Crippen LogP contribution in [0.15, 0.2) is 35.4 Å². The second-order valence-corrected chi connectivity index (χ2v) is 3.77. The van der Waals surface area contributed by atoms with E-state index in [1.54, 1.807) is 18.2 Å². The fraction of sp³-hybridized carbons (Fsp3) is 0.273. The van der Waals surface area contributed by atoms with Crippen molar-refractivity contribution >= 4 is 0 Å². The van der Waals surface area contributed by atoms with Crippen LogP contribution in [0.25, 0.3) is 5.69 Å². The number of nitrogens with zero attached hydrogens (tertiary/aromatic N) is 3. The van der Waals surface area contributed by atoms with Gasteiger partial charge in [-0.2, -0.15) is 5.10 Å². The van der Waals surface area contributed by atoms with E-state index in [0.717, 1.165) is 0 Å². The Labute approximate surface area is 91.9 Å². The number of benzene rings is 1. The van der Waals surface area contributed by atoms with Gasteiger partial charge in [0.2, 0.25) is 0 Å². The maximum absolute atomic E-state index is 13.5. The van der Waals surface area contributed by atoms with Crippen LogP contribution in [0.2, 0.25) is 0 Å². The lowest BCUT2D eigenvalue weighted by molar-refractivity contribution is 0.510. The molecule has 0 radical (unpaired) electrons. The molecule has 0 atom stereocenters. The fourth-order valence-corrected chi connectivity index (χ4v) is 1.48. The second-order valence-electron chi connectivity index (χ2n) is 3.77. The zero-order valence-electron chi connectivity index (χ0n) is 9.09. The van der Waals surface area contributed by atoms with Gasteiger partial charge in [0, 0.05) is 0 Å². The third-order valence-corrected chi connectivity index (χ3v) is 2.29. The monoisotopic (exact) mass is 221 g/mol. The van der Waals surface area contributed by atoms with Crippen molar-refractivity contribution in [2.45, 2.75) is 19.9 Å². The van der Waals surface area contributed by atoms with Gasteiger partial charge in [-0.1, -0.05) is 12.1 Å². The van der Waals surface area contributed by atoms with Gasteiger partial charge in [0.05, 0.1) is 11.7 Å². The highest BCUT2D eigenvalue weighted by Crippen LogP contribution is 2.10. The summed E-state index contributed by atoms with van der Waals surface area (Å²) in [5.74, 6) is -0.437. The molecule has 1 aromatic carbocycles. The average molecular weight is 221 g/mol. The van der Waals surface area contributed by atoms with Crippen molar-refractivity contribution in [3.63, 3.8) is 0 Å². The van der Waals surface area contributed by atoms with E-state index in [1.807, 2.05) is 13.8 Å². The van der Waals surface area contributed by atoms with Gasteiger partial charge in [-0.15, -0.1) is 0 Å². The number of rotatable bonds is 2. The van der Waals surface area contributed by atoms with Gasteiger partial charge in [0.15, 0.2) is 0 Å². The van der Waals surface area contributed by atoms with Crippen molar-refractivity contribution < 1.29 is 4.39 Å². The lowest BCUT2D eigenvalue weighted by atomic mass is 10.3. The minimum Gasteiger partial charge on any atom is -0.247 e. The molecule has 84 valence electrons. The molecular weight excluding hydrogens is 209 g/mol. The summed E-state index contributed by atoms with van der Waals surface area (Å²) in [6, 6.07) is 6.08. The first-order valence-corrected chi connectivity index (χ1v) is 5.02. The Morgan fingerprint density at radius 2 is 2.00 bits per heavy atom. The Hall–Kier alpha value is -1.91. The molecule has 16 heavy (non-hydrogen) atoms. The Morgan fingerprint density at radius 1 is 1.31 bits per heavy atom. The van der Waals surface area contributed by atoms with Crippen LogP contribution in [-0.4, -0.2) is 14.3 Å². The van der Waals surface area contributed by atoms with E-state index in [4.69, 9.17) is 0 Å². The molecule has 0 N–H and O–H groups in total. The van der Waals surface area contributed by atoms with E-state index in [2.05, 4.69) is 5.10 Å². The Balaban J connectivity index is 2.59. The molecule has 4 nitrogen and oxygen atoms in total. The lowest BCUT2D eigenvalue weighted by Gasteiger charge is -2.03. The topological polar surface area (TPSA) is 39.8 Å². The molecule has 0 saturated carbocycles. The second kappa shape index (κ2) is 3.92. The van der Waals surface area contributed by atoms with Crippen LogP contribution in [-0.2, 0) is 0 Å². The highest BCUT2D eigenvalue weighted by molar-refractivity contribution is 5.32. The predicted octanol–water partition coefficient (Wildman–Crippen LogP) is 1.75. The summed E-state index contributed by atoms with van der Waals surface area (Å²) in [6.45, 7) is 3.69. The molecule has 0 bridgehead atoms. The SMILES string of the molecule is CC(C)n1ncn(-c2ccccc2F)c1=O. The number of halogens is 1. The zero-order valence-corrected chi connectivity index (χ0v) is 9.09. The van der Waals surface area contributed by atoms with Crippen molar-refractivity contribution in [1.82, 2.24) is 14.3 Å². The Morgan fingerprint density at radius 3 is 2.56 bits per heavy atom. The molecule has 0 aliphatic carbocycles. The number of para-hydroxylation sites is 1. The molecule has 0 saturated heterocycles. The van der Waals surface area contributed by atoms with E-state index in [9.17, 15) is 9.18 Å². The van der Waals surface area contributed by atoms with Gasteiger partial charge in [0.1, 0.15) is 12.1 Å². The first kappa shape index (κ1) is 10.6. The van der Waals surface area contributed by atoms with E-state index in [0.29, 0.717) is 0 Å². The summed E-state index contributed by atoms with van der Waals surface area (Å²) in [7, 11) is 0. The van der Waals surface area contributed by atoms with Gasteiger partial charge in [-0.25, -0.2) is 18.4 Å². The van der Waals surface area contributed by atoms with Crippen LogP contribution in [0.4, 0.5) is 4.39 Å². The van der Waals surface area contributed by atoms with Gasteiger partial charge in [-0.05, 0) is 26.0 Å². The van der Waals surface area contributed by atoms with E-state index in [-0.39, 0.29) is 17.4 Å². The minimum atomic E-state index is -0.437. The normalized spacial score (nSPS) is 11.0. The minimum absolute atomic E-state index is 0.0412. The van der Waals surface area contributed by atoms with Crippen molar-refractivity contribution in [3.05, 3.63) is 46.9 Å². The molecule has 1 aromatic heterocycles. The summed E-state index contributed by atoms with van der Waals surface area (Å²) in [4.78, 5) is 11.9. The third kappa shape index (κ3) is 1.64. The van der Waals surface area contributed by atoms with E-state index in [1.165, 1.54) is 21.6 Å². The molecule has 0 aliphatic rings. The van der Waals surface area contributed by atoms with Gasteiger partial charge >= 0.3 is 5.69 Å². The quantitative estimate of drug-likeness (QED) is 0.775. The molecule has 0 unspecified atom stereocenters. The maximum Gasteiger partial charge on any atom is 0.350 e. The average Bonchev–Trinajstić information content (AvgIpc) is 2.61. The van der Waals surface area contributed by atoms with Crippen LogP contribution in [0.1, 0.15) is 19.9 Å². The highest BCUT2D eigenvalue weighted by Gasteiger charge is 2.11. The molecule has 0 fully saturated rings. The van der Waals surface area contributed by atoms with Gasteiger partial charge in [-0.3, -0.25) is 0 Å². The fourth-order valence-electron chi connectivity index (χ4n) is 1.48. The summed E-state index contributed by atoms with van der Waals surface area (Å²) in [5, 5.41) is 3.93. The number of hydrogen-bond acceptors (Lipinski definition) is 2. The van der Waals surface area contributed by atoms with Gasteiger partial charge in [0.25, 0.3) is 0 Å².